The third-order valence-electron chi connectivity index (χ3n) is 5.27. The molecule has 1 aromatic carbocycles. The van der Waals surface area contributed by atoms with Gasteiger partial charge in [0.25, 0.3) is 5.91 Å². The number of anilines is 1. The molecule has 132 valence electrons. The maximum absolute atomic E-state index is 12.8. The molecule has 25 heavy (non-hydrogen) atoms. The SMILES string of the molecule is Cc1ccccc1N1CCN(C(=O)c2cn3c(n2)CCC(N)C3)CC1. The summed E-state index contributed by atoms with van der Waals surface area (Å²) < 4.78 is 2.05. The van der Waals surface area contributed by atoms with Crippen molar-refractivity contribution in [2.75, 3.05) is 31.1 Å². The molecule has 1 amide bonds. The summed E-state index contributed by atoms with van der Waals surface area (Å²) in [6.07, 6.45) is 3.68. The number of para-hydroxylation sites is 1. The van der Waals surface area contributed by atoms with Gasteiger partial charge in [0.15, 0.2) is 0 Å². The summed E-state index contributed by atoms with van der Waals surface area (Å²) in [4.78, 5) is 21.6. The zero-order valence-electron chi connectivity index (χ0n) is 14.7. The Bertz CT molecular complexity index is 776. The highest BCUT2D eigenvalue weighted by atomic mass is 16.2. The van der Waals surface area contributed by atoms with Crippen molar-refractivity contribution in [1.82, 2.24) is 14.5 Å². The maximum atomic E-state index is 12.8. The van der Waals surface area contributed by atoms with E-state index in [9.17, 15) is 4.79 Å². The Balaban J connectivity index is 1.43. The fourth-order valence-corrected chi connectivity index (χ4v) is 3.80. The average Bonchev–Trinajstić information content (AvgIpc) is 3.05. The summed E-state index contributed by atoms with van der Waals surface area (Å²) in [5.41, 5.74) is 9.12. The van der Waals surface area contributed by atoms with Crippen LogP contribution in [0.5, 0.6) is 0 Å². The van der Waals surface area contributed by atoms with Gasteiger partial charge in [-0.3, -0.25) is 4.79 Å². The lowest BCUT2D eigenvalue weighted by Crippen LogP contribution is -2.49. The third kappa shape index (κ3) is 3.14. The quantitative estimate of drug-likeness (QED) is 0.899. The van der Waals surface area contributed by atoms with Gasteiger partial charge in [0.05, 0.1) is 0 Å². The van der Waals surface area contributed by atoms with E-state index in [1.807, 2.05) is 15.7 Å². The predicted octanol–water partition coefficient (Wildman–Crippen LogP) is 1.43. The fraction of sp³-hybridized carbons (Fsp3) is 0.474. The maximum Gasteiger partial charge on any atom is 0.274 e. The molecule has 4 rings (SSSR count). The Labute approximate surface area is 148 Å². The van der Waals surface area contributed by atoms with Crippen molar-refractivity contribution < 1.29 is 4.79 Å². The molecule has 1 fully saturated rings. The van der Waals surface area contributed by atoms with Crippen molar-refractivity contribution in [2.24, 2.45) is 5.73 Å². The van der Waals surface area contributed by atoms with Crippen LogP contribution in [0.3, 0.4) is 0 Å². The van der Waals surface area contributed by atoms with Gasteiger partial charge in [-0.25, -0.2) is 4.98 Å². The Hall–Kier alpha value is -2.34. The minimum absolute atomic E-state index is 0.0416. The summed E-state index contributed by atoms with van der Waals surface area (Å²) in [6, 6.07) is 8.58. The summed E-state index contributed by atoms with van der Waals surface area (Å²) in [5.74, 6) is 1.03. The number of fused-ring (bicyclic) bond motifs is 1. The van der Waals surface area contributed by atoms with Gasteiger partial charge in [-0.1, -0.05) is 18.2 Å². The fourth-order valence-electron chi connectivity index (χ4n) is 3.80. The molecule has 0 spiro atoms. The van der Waals surface area contributed by atoms with Crippen molar-refractivity contribution >= 4 is 11.6 Å². The number of hydrogen-bond acceptors (Lipinski definition) is 4. The van der Waals surface area contributed by atoms with Crippen LogP contribution in [-0.4, -0.2) is 52.6 Å². The van der Waals surface area contributed by atoms with Crippen LogP contribution in [-0.2, 0) is 13.0 Å². The van der Waals surface area contributed by atoms with Gasteiger partial charge in [-0.2, -0.15) is 0 Å². The molecular formula is C19H25N5O. The van der Waals surface area contributed by atoms with Crippen LogP contribution in [0.2, 0.25) is 0 Å². The minimum Gasteiger partial charge on any atom is -0.368 e. The highest BCUT2D eigenvalue weighted by Gasteiger charge is 2.26. The second-order valence-electron chi connectivity index (χ2n) is 7.06. The van der Waals surface area contributed by atoms with Crippen LogP contribution in [0.1, 0.15) is 28.3 Å². The molecule has 0 radical (unpaired) electrons. The van der Waals surface area contributed by atoms with Crippen LogP contribution in [0.4, 0.5) is 5.69 Å². The second kappa shape index (κ2) is 6.52. The van der Waals surface area contributed by atoms with E-state index in [-0.39, 0.29) is 11.9 Å². The number of benzene rings is 1. The molecule has 1 saturated heterocycles. The number of rotatable bonds is 2. The Kier molecular flexibility index (Phi) is 4.21. The highest BCUT2D eigenvalue weighted by molar-refractivity contribution is 5.92. The van der Waals surface area contributed by atoms with Crippen molar-refractivity contribution in [3.05, 3.63) is 47.5 Å². The molecular weight excluding hydrogens is 314 g/mol. The van der Waals surface area contributed by atoms with Crippen molar-refractivity contribution in [1.29, 1.82) is 0 Å². The lowest BCUT2D eigenvalue weighted by molar-refractivity contribution is 0.0741. The van der Waals surface area contributed by atoms with E-state index in [1.54, 1.807) is 0 Å². The van der Waals surface area contributed by atoms with Crippen LogP contribution < -0.4 is 10.6 Å². The molecule has 1 aromatic heterocycles. The van der Waals surface area contributed by atoms with Gasteiger partial charge in [-0.15, -0.1) is 0 Å². The van der Waals surface area contributed by atoms with E-state index >= 15 is 0 Å². The first-order valence-corrected chi connectivity index (χ1v) is 9.03. The molecule has 1 unspecified atom stereocenters. The number of hydrogen-bond donors (Lipinski definition) is 1. The number of nitrogens with zero attached hydrogens (tertiary/aromatic N) is 4. The van der Waals surface area contributed by atoms with Gasteiger partial charge >= 0.3 is 0 Å². The summed E-state index contributed by atoms with van der Waals surface area (Å²) in [7, 11) is 0. The molecule has 6 heteroatoms. The number of aryl methyl sites for hydroxylation is 2. The molecule has 6 nitrogen and oxygen atoms in total. The molecule has 2 aliphatic heterocycles. The number of aromatic nitrogens is 2. The monoisotopic (exact) mass is 339 g/mol. The van der Waals surface area contributed by atoms with Crippen LogP contribution in [0, 0.1) is 6.92 Å². The Morgan fingerprint density at radius 2 is 1.96 bits per heavy atom. The number of amides is 1. The van der Waals surface area contributed by atoms with E-state index < -0.39 is 0 Å². The Morgan fingerprint density at radius 1 is 1.20 bits per heavy atom. The normalized spacial score (nSPS) is 20.5. The molecule has 0 aliphatic carbocycles. The smallest absolute Gasteiger partial charge is 0.274 e. The number of carbonyl (C=O) groups excluding carboxylic acids is 1. The van der Waals surface area contributed by atoms with Gasteiger partial charge in [0, 0.05) is 57.1 Å². The summed E-state index contributed by atoms with van der Waals surface area (Å²) in [5, 5.41) is 0. The lowest BCUT2D eigenvalue weighted by Gasteiger charge is -2.36. The predicted molar refractivity (Wildman–Crippen MR) is 97.8 cm³/mol. The lowest BCUT2D eigenvalue weighted by atomic mass is 10.1. The molecule has 1 atom stereocenters. The number of piperazine rings is 1. The molecule has 0 saturated carbocycles. The van der Waals surface area contributed by atoms with Gasteiger partial charge in [0.1, 0.15) is 11.5 Å². The summed E-state index contributed by atoms with van der Waals surface area (Å²) >= 11 is 0. The number of nitrogens with two attached hydrogens (primary N) is 1. The molecule has 2 aliphatic rings. The van der Waals surface area contributed by atoms with Crippen LogP contribution in [0.25, 0.3) is 0 Å². The Morgan fingerprint density at radius 3 is 2.72 bits per heavy atom. The highest BCUT2D eigenvalue weighted by Crippen LogP contribution is 2.22. The molecule has 2 N–H and O–H groups in total. The van der Waals surface area contributed by atoms with Gasteiger partial charge in [0.2, 0.25) is 0 Å². The van der Waals surface area contributed by atoms with Crippen LogP contribution in [0.15, 0.2) is 30.5 Å². The standard InChI is InChI=1S/C19H25N5O/c1-14-4-2-3-5-17(14)22-8-10-23(11-9-22)19(25)16-13-24-12-15(20)6-7-18(24)21-16/h2-5,13,15H,6-12,20H2,1H3. The first-order valence-electron chi connectivity index (χ1n) is 9.03. The zero-order valence-corrected chi connectivity index (χ0v) is 14.7. The first kappa shape index (κ1) is 16.1. The largest absolute Gasteiger partial charge is 0.368 e. The minimum atomic E-state index is 0.0416. The zero-order chi connectivity index (χ0) is 17.4. The summed E-state index contributed by atoms with van der Waals surface area (Å²) in [6.45, 7) is 6.07. The first-order chi connectivity index (χ1) is 12.1. The van der Waals surface area contributed by atoms with E-state index in [0.29, 0.717) is 5.69 Å². The van der Waals surface area contributed by atoms with E-state index in [1.165, 1.54) is 11.3 Å². The number of carbonyl (C=O) groups is 1. The molecule has 0 bridgehead atoms. The molecule has 3 heterocycles. The van der Waals surface area contributed by atoms with Gasteiger partial charge < -0.3 is 20.1 Å². The van der Waals surface area contributed by atoms with E-state index in [0.717, 1.165) is 51.4 Å². The average molecular weight is 339 g/mol. The molecule has 2 aromatic rings. The topological polar surface area (TPSA) is 67.4 Å². The second-order valence-corrected chi connectivity index (χ2v) is 7.06. The van der Waals surface area contributed by atoms with Crippen molar-refractivity contribution in [3.63, 3.8) is 0 Å². The third-order valence-corrected chi connectivity index (χ3v) is 5.27. The number of imidazole rings is 1. The van der Waals surface area contributed by atoms with Crippen molar-refractivity contribution in [2.45, 2.75) is 32.4 Å². The van der Waals surface area contributed by atoms with E-state index in [2.05, 4.69) is 41.1 Å². The van der Waals surface area contributed by atoms with Crippen LogP contribution >= 0.6 is 0 Å². The van der Waals surface area contributed by atoms with Gasteiger partial charge in [-0.05, 0) is 25.0 Å². The van der Waals surface area contributed by atoms with E-state index in [4.69, 9.17) is 5.73 Å². The van der Waals surface area contributed by atoms with Crippen molar-refractivity contribution in [3.8, 4) is 0 Å².